The maximum atomic E-state index is 13.8. The fraction of sp³-hybridized carbons (Fsp3) is 0.391. The Morgan fingerprint density at radius 1 is 1.07 bits per heavy atom. The van der Waals surface area contributed by atoms with Crippen LogP contribution in [0.25, 0.3) is 5.69 Å². The molecule has 1 aliphatic rings. The number of pyridine rings is 1. The van der Waals surface area contributed by atoms with Crippen LogP contribution >= 0.6 is 0 Å². The Labute approximate surface area is 177 Å². The molecule has 4 rings (SSSR count). The Morgan fingerprint density at radius 3 is 2.50 bits per heavy atom. The molecule has 3 heterocycles. The van der Waals surface area contributed by atoms with Crippen LogP contribution in [0.5, 0.6) is 0 Å². The number of nitrogens with zero attached hydrogens (tertiary/aromatic N) is 6. The van der Waals surface area contributed by atoms with Crippen LogP contribution in [0.2, 0.25) is 0 Å². The molecule has 0 bridgehead atoms. The number of amides is 1. The van der Waals surface area contributed by atoms with E-state index in [1.807, 2.05) is 48.7 Å². The van der Waals surface area contributed by atoms with E-state index in [4.69, 9.17) is 0 Å². The smallest absolute Gasteiger partial charge is 0.256 e. The molecule has 0 spiro atoms. The van der Waals surface area contributed by atoms with E-state index < -0.39 is 0 Å². The lowest BCUT2D eigenvalue weighted by Crippen LogP contribution is -2.48. The third-order valence-corrected chi connectivity index (χ3v) is 5.87. The van der Waals surface area contributed by atoms with Gasteiger partial charge in [-0.05, 0) is 43.7 Å². The van der Waals surface area contributed by atoms with E-state index in [2.05, 4.69) is 31.9 Å². The molecule has 0 atom stereocenters. The minimum Gasteiger partial charge on any atom is -0.335 e. The van der Waals surface area contributed by atoms with Crippen LogP contribution < -0.4 is 0 Å². The largest absolute Gasteiger partial charge is 0.335 e. The predicted molar refractivity (Wildman–Crippen MR) is 115 cm³/mol. The Morgan fingerprint density at radius 2 is 1.80 bits per heavy atom. The van der Waals surface area contributed by atoms with Gasteiger partial charge < -0.3 is 9.80 Å². The van der Waals surface area contributed by atoms with Crippen molar-refractivity contribution in [2.75, 3.05) is 26.2 Å². The van der Waals surface area contributed by atoms with E-state index in [1.54, 1.807) is 17.2 Å². The van der Waals surface area contributed by atoms with Crippen LogP contribution in [0.15, 0.2) is 61.3 Å². The van der Waals surface area contributed by atoms with Crippen LogP contribution in [-0.4, -0.2) is 67.7 Å². The van der Waals surface area contributed by atoms with Gasteiger partial charge in [0.1, 0.15) is 12.7 Å². The summed E-state index contributed by atoms with van der Waals surface area (Å²) in [7, 11) is 0. The summed E-state index contributed by atoms with van der Waals surface area (Å²) in [5, 5.41) is 7.80. The third-order valence-electron chi connectivity index (χ3n) is 5.87. The number of carbonyl (C=O) groups is 1. The molecule has 30 heavy (non-hydrogen) atoms. The number of hydrogen-bond acceptors (Lipinski definition) is 5. The minimum atomic E-state index is 0.0604. The molecule has 1 fully saturated rings. The lowest BCUT2D eigenvalue weighted by atomic mass is 10.0. The molecule has 156 valence electrons. The predicted octanol–water partition coefficient (Wildman–Crippen LogP) is 2.83. The van der Waals surface area contributed by atoms with Gasteiger partial charge in [-0.15, -0.1) is 10.2 Å². The summed E-state index contributed by atoms with van der Waals surface area (Å²) in [6, 6.07) is 13.9. The summed E-state index contributed by atoms with van der Waals surface area (Å²) < 4.78 is 1.80. The summed E-state index contributed by atoms with van der Waals surface area (Å²) in [6.45, 7) is 5.97. The molecule has 1 saturated heterocycles. The summed E-state index contributed by atoms with van der Waals surface area (Å²) in [5.74, 6) is 0.0604. The number of benzene rings is 1. The summed E-state index contributed by atoms with van der Waals surface area (Å²) in [6.07, 6.45) is 7.80. The van der Waals surface area contributed by atoms with Gasteiger partial charge in [0.25, 0.3) is 5.91 Å². The highest BCUT2D eigenvalue weighted by Crippen LogP contribution is 2.22. The van der Waals surface area contributed by atoms with Crippen molar-refractivity contribution < 1.29 is 4.79 Å². The molecule has 2 aromatic heterocycles. The number of piperidine rings is 1. The first kappa shape index (κ1) is 20.2. The van der Waals surface area contributed by atoms with Crippen LogP contribution in [0.4, 0.5) is 0 Å². The highest BCUT2D eigenvalue weighted by atomic mass is 16.2. The Hall–Kier alpha value is -3.06. The molecule has 1 aliphatic heterocycles. The van der Waals surface area contributed by atoms with Gasteiger partial charge in [-0.1, -0.05) is 25.1 Å². The van der Waals surface area contributed by atoms with Crippen LogP contribution in [0, 0.1) is 0 Å². The Bertz CT molecular complexity index is 935. The van der Waals surface area contributed by atoms with Crippen molar-refractivity contribution in [1.82, 2.24) is 29.5 Å². The van der Waals surface area contributed by atoms with Crippen molar-refractivity contribution in [3.63, 3.8) is 0 Å². The lowest BCUT2D eigenvalue weighted by molar-refractivity contribution is 0.0579. The van der Waals surface area contributed by atoms with E-state index >= 15 is 0 Å². The van der Waals surface area contributed by atoms with Gasteiger partial charge in [0.05, 0.1) is 11.3 Å². The van der Waals surface area contributed by atoms with Gasteiger partial charge in [0.2, 0.25) is 0 Å². The van der Waals surface area contributed by atoms with E-state index in [9.17, 15) is 4.79 Å². The van der Waals surface area contributed by atoms with Gasteiger partial charge in [-0.25, -0.2) is 0 Å². The van der Waals surface area contributed by atoms with Crippen molar-refractivity contribution in [1.29, 1.82) is 0 Å². The first-order valence-corrected chi connectivity index (χ1v) is 10.6. The van der Waals surface area contributed by atoms with Crippen LogP contribution in [0.1, 0.15) is 35.8 Å². The van der Waals surface area contributed by atoms with Gasteiger partial charge >= 0.3 is 0 Å². The number of para-hydroxylation sites is 1. The quantitative estimate of drug-likeness (QED) is 0.606. The van der Waals surface area contributed by atoms with Gasteiger partial charge in [-0.2, -0.15) is 0 Å². The topological polar surface area (TPSA) is 67.2 Å². The molecule has 0 radical (unpaired) electrons. The summed E-state index contributed by atoms with van der Waals surface area (Å²) in [4.78, 5) is 22.7. The highest BCUT2D eigenvalue weighted by Gasteiger charge is 2.29. The second-order valence-corrected chi connectivity index (χ2v) is 7.62. The van der Waals surface area contributed by atoms with Gasteiger partial charge in [-0.3, -0.25) is 14.3 Å². The SMILES string of the molecule is CCN1CCC(N(CCc2ccccn2)C(=O)c2ccccc2-n2cnnc2)CC1. The molecular weight excluding hydrogens is 376 g/mol. The Kier molecular flexibility index (Phi) is 6.49. The number of hydrogen-bond donors (Lipinski definition) is 0. The number of carbonyl (C=O) groups excluding carboxylic acids is 1. The first-order chi connectivity index (χ1) is 14.8. The van der Waals surface area contributed by atoms with Crippen molar-refractivity contribution in [2.45, 2.75) is 32.2 Å². The fourth-order valence-corrected chi connectivity index (χ4v) is 4.14. The van der Waals surface area contributed by atoms with Crippen LogP contribution in [0.3, 0.4) is 0 Å². The standard InChI is InChI=1S/C23H28N6O/c1-2-27-14-11-20(12-15-27)29(16-10-19-7-5-6-13-24-19)23(30)21-8-3-4-9-22(21)28-17-25-26-18-28/h3-9,13,17-18,20H,2,10-12,14-16H2,1H3. The zero-order valence-corrected chi connectivity index (χ0v) is 17.4. The molecule has 7 heteroatoms. The molecule has 1 aromatic carbocycles. The molecule has 0 unspecified atom stereocenters. The maximum absolute atomic E-state index is 13.8. The average molecular weight is 405 g/mol. The zero-order chi connectivity index (χ0) is 20.8. The second kappa shape index (κ2) is 9.63. The van der Waals surface area contributed by atoms with E-state index in [-0.39, 0.29) is 11.9 Å². The van der Waals surface area contributed by atoms with Crippen molar-refractivity contribution in [2.24, 2.45) is 0 Å². The Balaban J connectivity index is 1.59. The minimum absolute atomic E-state index is 0.0604. The zero-order valence-electron chi connectivity index (χ0n) is 17.4. The monoisotopic (exact) mass is 404 g/mol. The number of aromatic nitrogens is 4. The van der Waals surface area contributed by atoms with Crippen LogP contribution in [-0.2, 0) is 6.42 Å². The second-order valence-electron chi connectivity index (χ2n) is 7.62. The fourth-order valence-electron chi connectivity index (χ4n) is 4.14. The number of likely N-dealkylation sites (tertiary alicyclic amines) is 1. The lowest BCUT2D eigenvalue weighted by Gasteiger charge is -2.38. The normalized spacial score (nSPS) is 15.2. The number of rotatable bonds is 7. The molecule has 0 saturated carbocycles. The molecule has 7 nitrogen and oxygen atoms in total. The average Bonchev–Trinajstić information content (AvgIpc) is 3.35. The molecule has 1 amide bonds. The van der Waals surface area contributed by atoms with Crippen molar-refractivity contribution in [3.8, 4) is 5.69 Å². The maximum Gasteiger partial charge on any atom is 0.256 e. The third kappa shape index (κ3) is 4.57. The van der Waals surface area contributed by atoms with Crippen molar-refractivity contribution >= 4 is 5.91 Å². The van der Waals surface area contributed by atoms with E-state index in [0.29, 0.717) is 12.1 Å². The molecule has 0 aliphatic carbocycles. The summed E-state index contributed by atoms with van der Waals surface area (Å²) in [5.41, 5.74) is 2.49. The van der Waals surface area contributed by atoms with E-state index in [1.165, 1.54) is 0 Å². The highest BCUT2D eigenvalue weighted by molar-refractivity contribution is 5.98. The molecule has 0 N–H and O–H groups in total. The van der Waals surface area contributed by atoms with E-state index in [0.717, 1.165) is 50.3 Å². The molecule has 3 aromatic rings. The molecular formula is C23H28N6O. The first-order valence-electron chi connectivity index (χ1n) is 10.6. The van der Waals surface area contributed by atoms with Gasteiger partial charge in [0.15, 0.2) is 0 Å². The van der Waals surface area contributed by atoms with Crippen molar-refractivity contribution in [3.05, 3.63) is 72.6 Å². The van der Waals surface area contributed by atoms with Gasteiger partial charge in [0, 0.05) is 44.0 Å². The summed E-state index contributed by atoms with van der Waals surface area (Å²) >= 11 is 0.